The molecule has 2 heterocycles. The Balaban J connectivity index is 1.20. The van der Waals surface area contributed by atoms with Crippen molar-refractivity contribution in [3.05, 3.63) is 176 Å². The van der Waals surface area contributed by atoms with Gasteiger partial charge in [-0.2, -0.15) is 0 Å². The summed E-state index contributed by atoms with van der Waals surface area (Å²) in [6.45, 7) is 0. The molecule has 0 spiro atoms. The molecule has 0 unspecified atom stereocenters. The number of fused-ring (bicyclic) bond motifs is 6. The van der Waals surface area contributed by atoms with E-state index in [0.717, 1.165) is 49.8 Å². The van der Waals surface area contributed by atoms with Crippen LogP contribution in [0.25, 0.3) is 99.9 Å². The zero-order valence-corrected chi connectivity index (χ0v) is 27.5. The zero-order valence-electron chi connectivity index (χ0n) is 27.5. The second-order valence-electron chi connectivity index (χ2n) is 12.8. The third-order valence-electron chi connectivity index (χ3n) is 9.74. The van der Waals surface area contributed by atoms with Gasteiger partial charge in [0.1, 0.15) is 11.2 Å². The van der Waals surface area contributed by atoms with Gasteiger partial charge in [-0.1, -0.05) is 152 Å². The maximum absolute atomic E-state index is 6.25. The largest absolute Gasteiger partial charge is 0.456 e. The molecule has 0 bridgehead atoms. The van der Waals surface area contributed by atoms with E-state index >= 15 is 0 Å². The normalized spacial score (nSPS) is 11.5. The van der Waals surface area contributed by atoms with Crippen LogP contribution in [-0.4, -0.2) is 15.0 Å². The van der Waals surface area contributed by atoms with Crippen molar-refractivity contribution >= 4 is 43.5 Å². The van der Waals surface area contributed by atoms with Gasteiger partial charge in [0.2, 0.25) is 0 Å². The monoisotopic (exact) mass is 651 g/mol. The van der Waals surface area contributed by atoms with Gasteiger partial charge in [-0.3, -0.25) is 0 Å². The second-order valence-corrected chi connectivity index (χ2v) is 12.8. The molecule has 4 nitrogen and oxygen atoms in total. The number of benzene rings is 8. The topological polar surface area (TPSA) is 51.8 Å². The van der Waals surface area contributed by atoms with Crippen LogP contribution < -0.4 is 0 Å². The molecule has 0 aliphatic carbocycles. The minimum Gasteiger partial charge on any atom is -0.456 e. The maximum Gasteiger partial charge on any atom is 0.164 e. The lowest BCUT2D eigenvalue weighted by molar-refractivity contribution is 0.669. The van der Waals surface area contributed by atoms with Crippen molar-refractivity contribution in [3.63, 3.8) is 0 Å². The highest BCUT2D eigenvalue weighted by Crippen LogP contribution is 2.40. The third-order valence-corrected chi connectivity index (χ3v) is 9.74. The summed E-state index contributed by atoms with van der Waals surface area (Å²) in [7, 11) is 0. The Kier molecular flexibility index (Phi) is 6.78. The Morgan fingerprint density at radius 3 is 1.75 bits per heavy atom. The van der Waals surface area contributed by atoms with Gasteiger partial charge in [-0.15, -0.1) is 0 Å². The molecule has 0 saturated heterocycles. The van der Waals surface area contributed by atoms with Crippen LogP contribution in [0, 0.1) is 0 Å². The van der Waals surface area contributed by atoms with E-state index in [1.54, 1.807) is 0 Å². The molecule has 0 saturated carbocycles. The Morgan fingerprint density at radius 1 is 0.314 bits per heavy atom. The fourth-order valence-electron chi connectivity index (χ4n) is 7.35. The number of furan rings is 1. The van der Waals surface area contributed by atoms with Crippen LogP contribution in [0.2, 0.25) is 0 Å². The second kappa shape index (κ2) is 11.9. The molecular formula is C47H29N3O. The van der Waals surface area contributed by atoms with Crippen molar-refractivity contribution in [2.45, 2.75) is 0 Å². The van der Waals surface area contributed by atoms with Gasteiger partial charge in [0.15, 0.2) is 17.5 Å². The van der Waals surface area contributed by atoms with Crippen molar-refractivity contribution in [3.8, 4) is 56.4 Å². The predicted octanol–water partition coefficient (Wildman–Crippen LogP) is 12.4. The summed E-state index contributed by atoms with van der Waals surface area (Å²) in [5.74, 6) is 1.83. The van der Waals surface area contributed by atoms with Crippen LogP contribution in [0.4, 0.5) is 0 Å². The molecule has 2 aromatic heterocycles. The summed E-state index contributed by atoms with van der Waals surface area (Å²) >= 11 is 0. The Morgan fingerprint density at radius 2 is 0.922 bits per heavy atom. The van der Waals surface area contributed by atoms with Crippen LogP contribution in [0.5, 0.6) is 0 Å². The lowest BCUT2D eigenvalue weighted by atomic mass is 9.90. The number of rotatable bonds is 5. The minimum atomic E-state index is 0.600. The van der Waals surface area contributed by atoms with E-state index in [2.05, 4.69) is 115 Å². The smallest absolute Gasteiger partial charge is 0.164 e. The molecule has 8 aromatic carbocycles. The summed E-state index contributed by atoms with van der Waals surface area (Å²) in [6, 6.07) is 61.1. The summed E-state index contributed by atoms with van der Waals surface area (Å²) in [6.07, 6.45) is 0. The van der Waals surface area contributed by atoms with Crippen molar-refractivity contribution in [1.29, 1.82) is 0 Å². The Labute approximate surface area is 294 Å². The first-order valence-electron chi connectivity index (χ1n) is 17.1. The molecule has 0 fully saturated rings. The van der Waals surface area contributed by atoms with E-state index in [1.165, 1.54) is 32.7 Å². The number of nitrogens with zero attached hydrogens (tertiary/aromatic N) is 3. The van der Waals surface area contributed by atoms with Gasteiger partial charge in [0.05, 0.1) is 0 Å². The summed E-state index contributed by atoms with van der Waals surface area (Å²) in [5, 5.41) is 6.89. The van der Waals surface area contributed by atoms with E-state index in [-0.39, 0.29) is 0 Å². The lowest BCUT2D eigenvalue weighted by Gasteiger charge is -2.15. The molecule has 0 atom stereocenters. The predicted molar refractivity (Wildman–Crippen MR) is 209 cm³/mol. The van der Waals surface area contributed by atoms with Gasteiger partial charge >= 0.3 is 0 Å². The third kappa shape index (κ3) is 4.96. The Bertz CT molecular complexity index is 2910. The zero-order chi connectivity index (χ0) is 33.7. The molecule has 238 valence electrons. The highest BCUT2D eigenvalue weighted by atomic mass is 16.3. The van der Waals surface area contributed by atoms with Crippen molar-refractivity contribution < 1.29 is 4.42 Å². The average molecular weight is 652 g/mol. The van der Waals surface area contributed by atoms with Gasteiger partial charge < -0.3 is 4.42 Å². The fourth-order valence-corrected chi connectivity index (χ4v) is 7.35. The number of hydrogen-bond acceptors (Lipinski definition) is 4. The van der Waals surface area contributed by atoms with E-state index in [9.17, 15) is 0 Å². The van der Waals surface area contributed by atoms with Crippen LogP contribution in [0.3, 0.4) is 0 Å². The molecule has 0 aliphatic heterocycles. The van der Waals surface area contributed by atoms with Crippen molar-refractivity contribution in [1.82, 2.24) is 15.0 Å². The number of para-hydroxylation sites is 1. The highest BCUT2D eigenvalue weighted by Gasteiger charge is 2.19. The number of aromatic nitrogens is 3. The first-order valence-corrected chi connectivity index (χ1v) is 17.1. The highest BCUT2D eigenvalue weighted by molar-refractivity contribution is 6.15. The van der Waals surface area contributed by atoms with Crippen LogP contribution in [-0.2, 0) is 0 Å². The minimum absolute atomic E-state index is 0.600. The Hall–Kier alpha value is -6.91. The standard InChI is InChI=1S/C47H29N3O/c1-3-14-30(15-4-1)40-28-32-18-7-8-20-35(32)41-29-33(26-27-36(40)41)34-19-9-10-21-37(34)46-48-45(31-16-5-2-6-17-31)49-47(50-46)39-23-13-25-43-44(39)38-22-11-12-24-42(38)51-43/h1-29H. The fraction of sp³-hybridized carbons (Fsp3) is 0. The van der Waals surface area contributed by atoms with Gasteiger partial charge in [-0.25, -0.2) is 15.0 Å². The SMILES string of the molecule is c1ccc(-c2nc(-c3ccccc3-c3ccc4c(-c5ccccc5)cc5ccccc5c4c3)nc(-c3cccc4oc5ccccc5c34)n2)cc1. The quantitative estimate of drug-likeness (QED) is 0.174. The number of hydrogen-bond donors (Lipinski definition) is 0. The molecule has 0 N–H and O–H groups in total. The van der Waals surface area contributed by atoms with Crippen LogP contribution >= 0.6 is 0 Å². The first kappa shape index (κ1) is 29.0. The molecule has 0 radical (unpaired) electrons. The molecule has 51 heavy (non-hydrogen) atoms. The summed E-state index contributed by atoms with van der Waals surface area (Å²) < 4.78 is 6.25. The molecular weight excluding hydrogens is 623 g/mol. The van der Waals surface area contributed by atoms with Crippen LogP contribution in [0.1, 0.15) is 0 Å². The molecule has 4 heteroatoms. The van der Waals surface area contributed by atoms with E-state index < -0.39 is 0 Å². The van der Waals surface area contributed by atoms with Crippen molar-refractivity contribution in [2.24, 2.45) is 0 Å². The lowest BCUT2D eigenvalue weighted by Crippen LogP contribution is -2.01. The average Bonchev–Trinajstić information content (AvgIpc) is 3.60. The molecule has 0 amide bonds. The van der Waals surface area contributed by atoms with Gasteiger partial charge in [0, 0.05) is 27.5 Å². The molecule has 0 aliphatic rings. The first-order chi connectivity index (χ1) is 25.3. The van der Waals surface area contributed by atoms with E-state index in [4.69, 9.17) is 19.4 Å². The van der Waals surface area contributed by atoms with Gasteiger partial charge in [0.25, 0.3) is 0 Å². The molecule has 10 aromatic rings. The summed E-state index contributed by atoms with van der Waals surface area (Å²) in [5.41, 5.74) is 8.98. The molecule has 10 rings (SSSR count). The maximum atomic E-state index is 6.25. The van der Waals surface area contributed by atoms with Crippen LogP contribution in [0.15, 0.2) is 180 Å². The van der Waals surface area contributed by atoms with Crippen molar-refractivity contribution in [2.75, 3.05) is 0 Å². The van der Waals surface area contributed by atoms with E-state index in [0.29, 0.717) is 17.5 Å². The summed E-state index contributed by atoms with van der Waals surface area (Å²) in [4.78, 5) is 15.4. The van der Waals surface area contributed by atoms with Gasteiger partial charge in [-0.05, 0) is 68.1 Å². The van der Waals surface area contributed by atoms with E-state index in [1.807, 2.05) is 60.7 Å².